The fourth-order valence-corrected chi connectivity index (χ4v) is 3.60. The van der Waals surface area contributed by atoms with Crippen LogP contribution in [0.25, 0.3) is 0 Å². The van der Waals surface area contributed by atoms with E-state index in [1.54, 1.807) is 49.8 Å². The number of para-hydroxylation sites is 1. The molecule has 0 fully saturated rings. The number of anilines is 1. The van der Waals surface area contributed by atoms with Gasteiger partial charge in [-0.15, -0.1) is 0 Å². The van der Waals surface area contributed by atoms with Gasteiger partial charge in [-0.25, -0.2) is 13.4 Å². The number of imidazole rings is 1. The van der Waals surface area contributed by atoms with Gasteiger partial charge in [0.15, 0.2) is 0 Å². The summed E-state index contributed by atoms with van der Waals surface area (Å²) in [4.78, 5) is 16.3. The standard InChI is InChI=1S/C16H22N4O3S/c1-14(16(21)18-9-6-11-19-12-10-17-13-19)20(24(2,22)23)15-7-4-3-5-8-15/h3-5,7-8,10,12-14H,6,9,11H2,1-2H3,(H,18,21)/t14-/m0/s1. The van der Waals surface area contributed by atoms with Gasteiger partial charge in [0.05, 0.1) is 18.3 Å². The van der Waals surface area contributed by atoms with Gasteiger partial charge in [0.25, 0.3) is 0 Å². The number of benzene rings is 1. The van der Waals surface area contributed by atoms with E-state index in [9.17, 15) is 13.2 Å². The van der Waals surface area contributed by atoms with Crippen molar-refractivity contribution in [3.05, 3.63) is 49.1 Å². The Balaban J connectivity index is 1.96. The molecule has 0 spiro atoms. The van der Waals surface area contributed by atoms with E-state index in [0.29, 0.717) is 12.2 Å². The summed E-state index contributed by atoms with van der Waals surface area (Å²) in [7, 11) is -3.57. The summed E-state index contributed by atoms with van der Waals surface area (Å²) in [5.41, 5.74) is 0.473. The molecule has 8 heteroatoms. The molecule has 0 aliphatic carbocycles. The molecule has 0 aliphatic rings. The first-order valence-corrected chi connectivity index (χ1v) is 9.52. The highest BCUT2D eigenvalue weighted by molar-refractivity contribution is 7.92. The van der Waals surface area contributed by atoms with Crippen LogP contribution in [0.3, 0.4) is 0 Å². The van der Waals surface area contributed by atoms with Crippen molar-refractivity contribution >= 4 is 21.6 Å². The van der Waals surface area contributed by atoms with Gasteiger partial charge in [-0.1, -0.05) is 18.2 Å². The van der Waals surface area contributed by atoms with E-state index in [1.165, 1.54) is 0 Å². The molecule has 7 nitrogen and oxygen atoms in total. The van der Waals surface area contributed by atoms with Crippen LogP contribution in [-0.2, 0) is 21.4 Å². The van der Waals surface area contributed by atoms with Crippen molar-refractivity contribution in [1.29, 1.82) is 0 Å². The predicted molar refractivity (Wildman–Crippen MR) is 93.1 cm³/mol. The van der Waals surface area contributed by atoms with Crippen LogP contribution in [0.1, 0.15) is 13.3 Å². The highest BCUT2D eigenvalue weighted by atomic mass is 32.2. The Morgan fingerprint density at radius 2 is 2.04 bits per heavy atom. The molecule has 1 N–H and O–H groups in total. The molecule has 1 atom stereocenters. The molecule has 0 saturated carbocycles. The lowest BCUT2D eigenvalue weighted by Gasteiger charge is -2.28. The maximum absolute atomic E-state index is 12.3. The molecule has 1 aromatic carbocycles. The summed E-state index contributed by atoms with van der Waals surface area (Å²) in [6.45, 7) is 2.79. The van der Waals surface area contributed by atoms with Crippen molar-refractivity contribution in [2.75, 3.05) is 17.1 Å². The minimum Gasteiger partial charge on any atom is -0.354 e. The van der Waals surface area contributed by atoms with Crippen molar-refractivity contribution in [1.82, 2.24) is 14.9 Å². The molecule has 24 heavy (non-hydrogen) atoms. The summed E-state index contributed by atoms with van der Waals surface area (Å²) in [5.74, 6) is -0.324. The first-order valence-electron chi connectivity index (χ1n) is 7.67. The lowest BCUT2D eigenvalue weighted by molar-refractivity contribution is -0.121. The van der Waals surface area contributed by atoms with Crippen molar-refractivity contribution in [2.45, 2.75) is 25.9 Å². The third kappa shape index (κ3) is 4.82. The van der Waals surface area contributed by atoms with Gasteiger partial charge < -0.3 is 9.88 Å². The van der Waals surface area contributed by atoms with Gasteiger partial charge in [0.2, 0.25) is 15.9 Å². The number of hydrogen-bond acceptors (Lipinski definition) is 4. The van der Waals surface area contributed by atoms with Crippen LogP contribution in [-0.4, -0.2) is 42.7 Å². The van der Waals surface area contributed by atoms with Gasteiger partial charge in [-0.2, -0.15) is 0 Å². The van der Waals surface area contributed by atoms with Crippen LogP contribution in [0.15, 0.2) is 49.1 Å². The molecule has 0 bridgehead atoms. The Hall–Kier alpha value is -2.35. The predicted octanol–water partition coefficient (Wildman–Crippen LogP) is 1.24. The molecule has 0 radical (unpaired) electrons. The monoisotopic (exact) mass is 350 g/mol. The number of rotatable bonds is 8. The van der Waals surface area contributed by atoms with Gasteiger partial charge in [-0.05, 0) is 25.5 Å². The van der Waals surface area contributed by atoms with Crippen LogP contribution in [0.4, 0.5) is 5.69 Å². The maximum atomic E-state index is 12.3. The van der Waals surface area contributed by atoms with Crippen LogP contribution in [0, 0.1) is 0 Å². The zero-order valence-corrected chi connectivity index (χ0v) is 14.6. The van der Waals surface area contributed by atoms with E-state index < -0.39 is 16.1 Å². The smallest absolute Gasteiger partial charge is 0.243 e. The highest BCUT2D eigenvalue weighted by Gasteiger charge is 2.28. The van der Waals surface area contributed by atoms with E-state index in [4.69, 9.17) is 0 Å². The zero-order valence-electron chi connectivity index (χ0n) is 13.8. The number of nitrogens with zero attached hydrogens (tertiary/aromatic N) is 3. The number of sulfonamides is 1. The number of hydrogen-bond donors (Lipinski definition) is 1. The van der Waals surface area contributed by atoms with Gasteiger partial charge >= 0.3 is 0 Å². The van der Waals surface area contributed by atoms with Crippen molar-refractivity contribution in [2.24, 2.45) is 0 Å². The number of aromatic nitrogens is 2. The lowest BCUT2D eigenvalue weighted by Crippen LogP contribution is -2.48. The Labute approximate surface area is 142 Å². The summed E-state index contributed by atoms with van der Waals surface area (Å²) in [5, 5.41) is 2.79. The molecule has 1 amide bonds. The number of carbonyl (C=O) groups excluding carboxylic acids is 1. The average Bonchev–Trinajstić information content (AvgIpc) is 3.04. The summed E-state index contributed by atoms with van der Waals surface area (Å²) < 4.78 is 27.3. The first-order chi connectivity index (χ1) is 11.4. The van der Waals surface area contributed by atoms with E-state index >= 15 is 0 Å². The van der Waals surface area contributed by atoms with Crippen LogP contribution in [0.2, 0.25) is 0 Å². The zero-order chi connectivity index (χ0) is 17.6. The van der Waals surface area contributed by atoms with E-state index in [0.717, 1.165) is 23.5 Å². The third-order valence-electron chi connectivity index (χ3n) is 3.55. The summed E-state index contributed by atoms with van der Waals surface area (Å²) in [6, 6.07) is 7.79. The fourth-order valence-electron chi connectivity index (χ4n) is 2.42. The molecular weight excluding hydrogens is 328 g/mol. The molecular formula is C16H22N4O3S. The largest absolute Gasteiger partial charge is 0.354 e. The maximum Gasteiger partial charge on any atom is 0.243 e. The van der Waals surface area contributed by atoms with Crippen molar-refractivity contribution in [3.8, 4) is 0 Å². The molecule has 1 aromatic heterocycles. The van der Waals surface area contributed by atoms with E-state index in [1.807, 2.05) is 10.8 Å². The average molecular weight is 350 g/mol. The third-order valence-corrected chi connectivity index (χ3v) is 4.79. The molecule has 0 saturated heterocycles. The molecule has 0 aliphatic heterocycles. The van der Waals surface area contributed by atoms with Gasteiger partial charge in [-0.3, -0.25) is 9.10 Å². The lowest BCUT2D eigenvalue weighted by atomic mass is 10.2. The Morgan fingerprint density at radius 3 is 2.62 bits per heavy atom. The molecule has 0 unspecified atom stereocenters. The fraction of sp³-hybridized carbons (Fsp3) is 0.375. The second kappa shape index (κ2) is 7.96. The molecule has 130 valence electrons. The van der Waals surface area contributed by atoms with Crippen molar-refractivity contribution < 1.29 is 13.2 Å². The van der Waals surface area contributed by atoms with Gasteiger partial charge in [0.1, 0.15) is 6.04 Å². The van der Waals surface area contributed by atoms with Crippen LogP contribution < -0.4 is 9.62 Å². The topological polar surface area (TPSA) is 84.3 Å². The number of carbonyl (C=O) groups is 1. The number of amides is 1. The number of aryl methyl sites for hydroxylation is 1. The SMILES string of the molecule is C[C@@H](C(=O)NCCCn1ccnc1)N(c1ccccc1)S(C)(=O)=O. The Kier molecular flexibility index (Phi) is 5.97. The quantitative estimate of drug-likeness (QED) is 0.726. The summed E-state index contributed by atoms with van der Waals surface area (Å²) >= 11 is 0. The van der Waals surface area contributed by atoms with E-state index in [2.05, 4.69) is 10.3 Å². The molecule has 2 rings (SSSR count). The second-order valence-corrected chi connectivity index (χ2v) is 7.37. The second-order valence-electron chi connectivity index (χ2n) is 5.52. The normalized spacial score (nSPS) is 12.6. The van der Waals surface area contributed by atoms with Gasteiger partial charge in [0, 0.05) is 25.5 Å². The van der Waals surface area contributed by atoms with Crippen molar-refractivity contribution in [3.63, 3.8) is 0 Å². The Morgan fingerprint density at radius 1 is 1.33 bits per heavy atom. The summed E-state index contributed by atoms with van der Waals surface area (Å²) in [6.07, 6.45) is 7.10. The van der Waals surface area contributed by atoms with Crippen LogP contribution >= 0.6 is 0 Å². The molecule has 2 aromatic rings. The highest BCUT2D eigenvalue weighted by Crippen LogP contribution is 2.20. The van der Waals surface area contributed by atoms with E-state index in [-0.39, 0.29) is 5.91 Å². The van der Waals surface area contributed by atoms with Crippen LogP contribution in [0.5, 0.6) is 0 Å². The first kappa shape index (κ1) is 18.0. The number of nitrogens with one attached hydrogen (secondary N) is 1. The minimum absolute atomic E-state index is 0.324. The Bertz CT molecular complexity index is 745. The molecule has 1 heterocycles. The minimum atomic E-state index is -3.57.